The van der Waals surface area contributed by atoms with E-state index >= 15 is 0 Å². The molecule has 0 saturated carbocycles. The first-order chi connectivity index (χ1) is 15.9. The number of halogens is 1. The maximum absolute atomic E-state index is 12.6. The second-order valence-corrected chi connectivity index (χ2v) is 7.63. The van der Waals surface area contributed by atoms with Gasteiger partial charge in [0, 0.05) is 22.8 Å². The maximum Gasteiger partial charge on any atom is 0.310 e. The molecule has 0 unspecified atom stereocenters. The van der Waals surface area contributed by atoms with Crippen molar-refractivity contribution in [2.45, 2.75) is 20.1 Å². The highest BCUT2D eigenvalue weighted by Crippen LogP contribution is 2.27. The molecule has 1 amide bonds. The minimum absolute atomic E-state index is 0.0640. The molecule has 10 heteroatoms. The van der Waals surface area contributed by atoms with E-state index < -0.39 is 10.8 Å². The molecule has 0 atom stereocenters. The van der Waals surface area contributed by atoms with Crippen LogP contribution in [0.4, 0.5) is 11.5 Å². The minimum Gasteiger partial charge on any atom is -0.479 e. The number of nitro groups is 1. The summed E-state index contributed by atoms with van der Waals surface area (Å²) in [6.07, 6.45) is 0. The van der Waals surface area contributed by atoms with Crippen molar-refractivity contribution in [2.75, 3.05) is 5.32 Å². The van der Waals surface area contributed by atoms with Gasteiger partial charge in [-0.15, -0.1) is 0 Å². The zero-order chi connectivity index (χ0) is 23.4. The Morgan fingerprint density at radius 1 is 1.18 bits per heavy atom. The number of aromatic nitrogens is 2. The number of carbonyl (C=O) groups is 1. The first kappa shape index (κ1) is 22.1. The third-order valence-electron chi connectivity index (χ3n) is 4.76. The van der Waals surface area contributed by atoms with Gasteiger partial charge in [-0.3, -0.25) is 19.6 Å². The number of nitrogens with one attached hydrogen (secondary N) is 1. The van der Waals surface area contributed by atoms with E-state index in [4.69, 9.17) is 20.8 Å². The standard InChI is InChI=1S/C23H19ClN4O5/c1-15-11-22(26-27(15)13-16-5-4-6-17(24)12-16)25-23(29)21-10-9-18(33-21)14-32-20-8-3-2-7-19(20)28(30)31/h2-12H,13-14H2,1H3,(H,25,26,29). The Balaban J connectivity index is 1.39. The molecule has 0 spiro atoms. The van der Waals surface area contributed by atoms with Crippen LogP contribution < -0.4 is 10.1 Å². The van der Waals surface area contributed by atoms with Gasteiger partial charge in [-0.25, -0.2) is 0 Å². The van der Waals surface area contributed by atoms with Gasteiger partial charge in [0.05, 0.1) is 11.5 Å². The normalized spacial score (nSPS) is 10.7. The van der Waals surface area contributed by atoms with Gasteiger partial charge in [-0.05, 0) is 42.8 Å². The maximum atomic E-state index is 12.6. The average molecular weight is 467 g/mol. The second kappa shape index (κ2) is 9.58. The Morgan fingerprint density at radius 3 is 2.79 bits per heavy atom. The summed E-state index contributed by atoms with van der Waals surface area (Å²) in [6.45, 7) is 2.33. The molecule has 2 heterocycles. The van der Waals surface area contributed by atoms with Crippen molar-refractivity contribution in [3.8, 4) is 5.75 Å². The number of nitrogens with zero attached hydrogens (tertiary/aromatic N) is 3. The quantitative estimate of drug-likeness (QED) is 0.281. The smallest absolute Gasteiger partial charge is 0.310 e. The zero-order valence-corrected chi connectivity index (χ0v) is 18.3. The van der Waals surface area contributed by atoms with Crippen molar-refractivity contribution in [1.29, 1.82) is 0 Å². The van der Waals surface area contributed by atoms with Crippen LogP contribution in [0.2, 0.25) is 5.02 Å². The Morgan fingerprint density at radius 2 is 2.00 bits per heavy atom. The number of hydrogen-bond donors (Lipinski definition) is 1. The number of benzene rings is 2. The molecule has 0 bridgehead atoms. The SMILES string of the molecule is Cc1cc(NC(=O)c2ccc(COc3ccccc3[N+](=O)[O-])o2)nn1Cc1cccc(Cl)c1. The van der Waals surface area contributed by atoms with E-state index in [1.807, 2.05) is 25.1 Å². The number of furan rings is 1. The van der Waals surface area contributed by atoms with Crippen LogP contribution in [-0.2, 0) is 13.2 Å². The topological polar surface area (TPSA) is 112 Å². The number of ether oxygens (including phenoxy) is 1. The minimum atomic E-state index is -0.524. The van der Waals surface area contributed by atoms with Gasteiger partial charge in [-0.1, -0.05) is 35.9 Å². The number of aryl methyl sites for hydroxylation is 1. The van der Waals surface area contributed by atoms with Crippen LogP contribution in [-0.4, -0.2) is 20.6 Å². The Kier molecular flexibility index (Phi) is 6.41. The van der Waals surface area contributed by atoms with E-state index in [1.54, 1.807) is 35.0 Å². The Labute approximate surface area is 193 Å². The number of nitro benzene ring substituents is 1. The number of hydrogen-bond acceptors (Lipinski definition) is 6. The van der Waals surface area contributed by atoms with Gasteiger partial charge in [0.2, 0.25) is 0 Å². The molecule has 33 heavy (non-hydrogen) atoms. The van der Waals surface area contributed by atoms with E-state index in [1.165, 1.54) is 18.2 Å². The van der Waals surface area contributed by atoms with Gasteiger partial charge in [0.25, 0.3) is 5.91 Å². The highest BCUT2D eigenvalue weighted by atomic mass is 35.5. The molecule has 4 rings (SSSR count). The molecule has 0 fully saturated rings. The molecule has 0 aliphatic carbocycles. The first-order valence-corrected chi connectivity index (χ1v) is 10.3. The lowest BCUT2D eigenvalue weighted by Gasteiger charge is -2.05. The van der Waals surface area contributed by atoms with Crippen molar-refractivity contribution in [3.05, 3.63) is 105 Å². The van der Waals surface area contributed by atoms with Gasteiger partial charge in [-0.2, -0.15) is 5.10 Å². The molecular weight excluding hydrogens is 448 g/mol. The molecule has 1 N–H and O–H groups in total. The highest BCUT2D eigenvalue weighted by Gasteiger charge is 2.17. The van der Waals surface area contributed by atoms with Crippen molar-refractivity contribution in [2.24, 2.45) is 0 Å². The Hall–Kier alpha value is -4.11. The van der Waals surface area contributed by atoms with Gasteiger partial charge < -0.3 is 14.5 Å². The number of carbonyl (C=O) groups excluding carboxylic acids is 1. The molecule has 4 aromatic rings. The van der Waals surface area contributed by atoms with Crippen LogP contribution in [0, 0.1) is 17.0 Å². The summed E-state index contributed by atoms with van der Waals surface area (Å²) >= 11 is 6.04. The van der Waals surface area contributed by atoms with Gasteiger partial charge >= 0.3 is 5.69 Å². The third-order valence-corrected chi connectivity index (χ3v) is 5.00. The molecule has 0 saturated heterocycles. The summed E-state index contributed by atoms with van der Waals surface area (Å²) in [7, 11) is 0. The summed E-state index contributed by atoms with van der Waals surface area (Å²) < 4.78 is 12.8. The lowest BCUT2D eigenvalue weighted by molar-refractivity contribution is -0.386. The average Bonchev–Trinajstić information content (AvgIpc) is 3.39. The predicted octanol–water partition coefficient (Wildman–Crippen LogP) is 5.23. The van der Waals surface area contributed by atoms with Crippen LogP contribution in [0.15, 0.2) is 71.1 Å². The molecule has 2 aromatic carbocycles. The highest BCUT2D eigenvalue weighted by molar-refractivity contribution is 6.30. The van der Waals surface area contributed by atoms with Crippen molar-refractivity contribution in [3.63, 3.8) is 0 Å². The summed E-state index contributed by atoms with van der Waals surface area (Å²) in [4.78, 5) is 23.1. The number of rotatable bonds is 8. The van der Waals surface area contributed by atoms with E-state index in [-0.39, 0.29) is 23.8 Å². The van der Waals surface area contributed by atoms with Gasteiger partial charge in [0.1, 0.15) is 12.4 Å². The van der Waals surface area contributed by atoms with Gasteiger partial charge in [0.15, 0.2) is 17.3 Å². The fourth-order valence-corrected chi connectivity index (χ4v) is 3.39. The Bertz CT molecular complexity index is 1310. The fourth-order valence-electron chi connectivity index (χ4n) is 3.17. The number of amides is 1. The molecule has 0 radical (unpaired) electrons. The molecule has 0 aliphatic rings. The van der Waals surface area contributed by atoms with Crippen LogP contribution in [0.1, 0.15) is 27.6 Å². The molecule has 168 valence electrons. The molecular formula is C23H19ClN4O5. The lowest BCUT2D eigenvalue weighted by Crippen LogP contribution is -2.12. The third kappa shape index (κ3) is 5.39. The molecule has 9 nitrogen and oxygen atoms in total. The zero-order valence-electron chi connectivity index (χ0n) is 17.5. The van der Waals surface area contributed by atoms with Crippen LogP contribution in [0.3, 0.4) is 0 Å². The fraction of sp³-hybridized carbons (Fsp3) is 0.130. The molecule has 0 aliphatic heterocycles. The lowest BCUT2D eigenvalue weighted by atomic mass is 10.2. The van der Waals surface area contributed by atoms with Crippen LogP contribution in [0.5, 0.6) is 5.75 Å². The molecule has 2 aromatic heterocycles. The van der Waals surface area contributed by atoms with Crippen molar-refractivity contribution < 1.29 is 18.9 Å². The summed E-state index contributed by atoms with van der Waals surface area (Å²) in [5, 5.41) is 18.9. The summed E-state index contributed by atoms with van der Waals surface area (Å²) in [5.41, 5.74) is 1.70. The van der Waals surface area contributed by atoms with Crippen LogP contribution in [0.25, 0.3) is 0 Å². The second-order valence-electron chi connectivity index (χ2n) is 7.19. The monoisotopic (exact) mass is 466 g/mol. The number of anilines is 1. The van der Waals surface area contributed by atoms with Crippen LogP contribution >= 0.6 is 11.6 Å². The van der Waals surface area contributed by atoms with E-state index in [0.29, 0.717) is 23.1 Å². The number of para-hydroxylation sites is 2. The largest absolute Gasteiger partial charge is 0.479 e. The van der Waals surface area contributed by atoms with E-state index in [9.17, 15) is 14.9 Å². The predicted molar refractivity (Wildman–Crippen MR) is 122 cm³/mol. The summed E-state index contributed by atoms with van der Waals surface area (Å²) in [5.74, 6) is 0.442. The van der Waals surface area contributed by atoms with E-state index in [2.05, 4.69) is 10.4 Å². The van der Waals surface area contributed by atoms with Crippen molar-refractivity contribution in [1.82, 2.24) is 9.78 Å². The summed E-state index contributed by atoms with van der Waals surface area (Å²) in [6, 6.07) is 18.3. The first-order valence-electron chi connectivity index (χ1n) is 9.94. The van der Waals surface area contributed by atoms with E-state index in [0.717, 1.165) is 11.3 Å². The van der Waals surface area contributed by atoms with Crippen molar-refractivity contribution >= 4 is 29.0 Å².